The van der Waals surface area contributed by atoms with Crippen LogP contribution >= 0.6 is 0 Å². The normalized spacial score (nSPS) is 9.87. The number of carbonyl (C=O) groups excluding carboxylic acids is 1. The first kappa shape index (κ1) is 9.13. The van der Waals surface area contributed by atoms with Gasteiger partial charge in [0, 0.05) is 6.20 Å². The van der Waals surface area contributed by atoms with Crippen LogP contribution in [0.5, 0.6) is 0 Å². The quantitative estimate of drug-likeness (QED) is 0.654. The molecule has 0 saturated carbocycles. The third kappa shape index (κ3) is 1.90. The van der Waals surface area contributed by atoms with Crippen LogP contribution in [-0.4, -0.2) is 26.3 Å². The Morgan fingerprint density at radius 3 is 3.07 bits per heavy atom. The van der Waals surface area contributed by atoms with Crippen LogP contribution in [0.3, 0.4) is 0 Å². The number of nitrogens with one attached hydrogen (secondary N) is 2. The molecular formula is C8H8N6O. The summed E-state index contributed by atoms with van der Waals surface area (Å²) < 4.78 is 0. The van der Waals surface area contributed by atoms with E-state index in [4.69, 9.17) is 5.73 Å². The Morgan fingerprint density at radius 2 is 2.40 bits per heavy atom. The number of nitrogens with two attached hydrogens (primary N) is 1. The monoisotopic (exact) mass is 204 g/mol. The van der Waals surface area contributed by atoms with Crippen molar-refractivity contribution < 1.29 is 4.79 Å². The number of hydrogen-bond acceptors (Lipinski definition) is 5. The molecular weight excluding hydrogens is 196 g/mol. The second-order valence-corrected chi connectivity index (χ2v) is 2.76. The second-order valence-electron chi connectivity index (χ2n) is 2.76. The maximum Gasteiger partial charge on any atom is 0.254 e. The molecule has 4 N–H and O–H groups in total. The van der Waals surface area contributed by atoms with Gasteiger partial charge in [0.1, 0.15) is 11.4 Å². The molecule has 76 valence electrons. The standard InChI is InChI=1S/C8H8N6O/c9-7(15)5-4-11-14-8(5)12-6-2-1-3-10-13-6/h1-4H,(H2,9,15)(H2,11,12,13,14). The first-order valence-corrected chi connectivity index (χ1v) is 4.15. The average Bonchev–Trinajstić information content (AvgIpc) is 2.67. The Bertz CT molecular complexity index is 465. The molecule has 1 amide bonds. The highest BCUT2D eigenvalue weighted by molar-refractivity contribution is 5.97. The van der Waals surface area contributed by atoms with Crippen molar-refractivity contribution in [3.05, 3.63) is 30.1 Å². The van der Waals surface area contributed by atoms with Crippen LogP contribution in [0.4, 0.5) is 11.6 Å². The highest BCUT2D eigenvalue weighted by atomic mass is 16.1. The van der Waals surface area contributed by atoms with E-state index in [-0.39, 0.29) is 5.56 Å². The van der Waals surface area contributed by atoms with Crippen molar-refractivity contribution >= 4 is 17.5 Å². The van der Waals surface area contributed by atoms with E-state index in [0.29, 0.717) is 11.6 Å². The predicted octanol–water partition coefficient (Wildman–Crippen LogP) is 0.0422. The number of nitrogens with zero attached hydrogens (tertiary/aromatic N) is 3. The lowest BCUT2D eigenvalue weighted by Crippen LogP contribution is -2.12. The SMILES string of the molecule is NC(=O)c1cn[nH]c1Nc1cccnn1. The molecule has 0 radical (unpaired) electrons. The summed E-state index contributed by atoms with van der Waals surface area (Å²) in [6.07, 6.45) is 2.90. The van der Waals surface area contributed by atoms with E-state index in [9.17, 15) is 4.79 Å². The summed E-state index contributed by atoms with van der Waals surface area (Å²) in [5.41, 5.74) is 5.42. The van der Waals surface area contributed by atoms with E-state index in [0.717, 1.165) is 0 Å². The van der Waals surface area contributed by atoms with Crippen LogP contribution in [0.25, 0.3) is 0 Å². The number of aromatic amines is 1. The molecule has 15 heavy (non-hydrogen) atoms. The average molecular weight is 204 g/mol. The smallest absolute Gasteiger partial charge is 0.254 e. The van der Waals surface area contributed by atoms with E-state index < -0.39 is 5.91 Å². The molecule has 2 aromatic rings. The maximum absolute atomic E-state index is 11.0. The molecule has 0 spiro atoms. The molecule has 7 nitrogen and oxygen atoms in total. The zero-order chi connectivity index (χ0) is 10.7. The molecule has 0 unspecified atom stereocenters. The Morgan fingerprint density at radius 1 is 1.53 bits per heavy atom. The van der Waals surface area contributed by atoms with Crippen molar-refractivity contribution in [3.8, 4) is 0 Å². The van der Waals surface area contributed by atoms with Crippen molar-refractivity contribution in [2.24, 2.45) is 5.73 Å². The summed E-state index contributed by atoms with van der Waals surface area (Å²) in [7, 11) is 0. The minimum atomic E-state index is -0.560. The van der Waals surface area contributed by atoms with Crippen LogP contribution < -0.4 is 11.1 Å². The lowest BCUT2D eigenvalue weighted by Gasteiger charge is -2.02. The summed E-state index contributed by atoms with van der Waals surface area (Å²) in [6, 6.07) is 3.42. The molecule has 0 aliphatic carbocycles. The Balaban J connectivity index is 2.25. The molecule has 0 atom stereocenters. The van der Waals surface area contributed by atoms with E-state index in [1.165, 1.54) is 6.20 Å². The summed E-state index contributed by atoms with van der Waals surface area (Å²) in [4.78, 5) is 11.0. The third-order valence-corrected chi connectivity index (χ3v) is 1.73. The number of carbonyl (C=O) groups is 1. The van der Waals surface area contributed by atoms with Crippen LogP contribution in [0.2, 0.25) is 0 Å². The first-order chi connectivity index (χ1) is 7.27. The highest BCUT2D eigenvalue weighted by Crippen LogP contribution is 2.14. The molecule has 2 aromatic heterocycles. The Kier molecular flexibility index (Phi) is 2.28. The van der Waals surface area contributed by atoms with E-state index in [2.05, 4.69) is 25.7 Å². The van der Waals surface area contributed by atoms with Gasteiger partial charge in [-0.15, -0.1) is 5.10 Å². The van der Waals surface area contributed by atoms with Crippen molar-refractivity contribution in [2.45, 2.75) is 0 Å². The fourth-order valence-electron chi connectivity index (χ4n) is 1.06. The number of aromatic nitrogens is 4. The van der Waals surface area contributed by atoms with Gasteiger partial charge in [0.2, 0.25) is 0 Å². The molecule has 0 aliphatic heterocycles. The number of anilines is 2. The minimum absolute atomic E-state index is 0.278. The molecule has 0 aliphatic rings. The van der Waals surface area contributed by atoms with Gasteiger partial charge in [-0.1, -0.05) is 0 Å². The summed E-state index contributed by atoms with van der Waals surface area (Å²) >= 11 is 0. The first-order valence-electron chi connectivity index (χ1n) is 4.15. The van der Waals surface area contributed by atoms with Gasteiger partial charge >= 0.3 is 0 Å². The number of amides is 1. The second kappa shape index (κ2) is 3.74. The number of H-pyrrole nitrogens is 1. The fraction of sp³-hybridized carbons (Fsp3) is 0. The predicted molar refractivity (Wildman–Crippen MR) is 52.4 cm³/mol. The van der Waals surface area contributed by atoms with Gasteiger partial charge < -0.3 is 11.1 Å². The molecule has 0 aromatic carbocycles. The molecule has 2 heterocycles. The Hall–Kier alpha value is -2.44. The fourth-order valence-corrected chi connectivity index (χ4v) is 1.06. The van der Waals surface area contributed by atoms with Gasteiger partial charge in [0.05, 0.1) is 6.20 Å². The van der Waals surface area contributed by atoms with Gasteiger partial charge in [-0.05, 0) is 12.1 Å². The highest BCUT2D eigenvalue weighted by Gasteiger charge is 2.10. The third-order valence-electron chi connectivity index (χ3n) is 1.73. The van der Waals surface area contributed by atoms with Gasteiger partial charge in [0.25, 0.3) is 5.91 Å². The van der Waals surface area contributed by atoms with Gasteiger partial charge in [-0.2, -0.15) is 10.2 Å². The summed E-state index contributed by atoms with van der Waals surface area (Å²) in [5.74, 6) is 0.349. The van der Waals surface area contributed by atoms with E-state index >= 15 is 0 Å². The van der Waals surface area contributed by atoms with Crippen LogP contribution in [-0.2, 0) is 0 Å². The molecule has 7 heteroatoms. The molecule has 0 fully saturated rings. The van der Waals surface area contributed by atoms with Gasteiger partial charge in [-0.3, -0.25) is 9.89 Å². The zero-order valence-corrected chi connectivity index (χ0v) is 7.64. The van der Waals surface area contributed by atoms with Crippen molar-refractivity contribution in [1.29, 1.82) is 0 Å². The summed E-state index contributed by atoms with van der Waals surface area (Å²) in [5, 5.41) is 16.6. The van der Waals surface area contributed by atoms with Crippen LogP contribution in [0.15, 0.2) is 24.5 Å². The van der Waals surface area contributed by atoms with Crippen molar-refractivity contribution in [1.82, 2.24) is 20.4 Å². The topological polar surface area (TPSA) is 110 Å². The number of primary amides is 1. The number of hydrogen-bond donors (Lipinski definition) is 3. The molecule has 0 saturated heterocycles. The number of rotatable bonds is 3. The van der Waals surface area contributed by atoms with Crippen molar-refractivity contribution in [2.75, 3.05) is 5.32 Å². The van der Waals surface area contributed by atoms with Gasteiger partial charge in [0.15, 0.2) is 5.82 Å². The molecule has 0 bridgehead atoms. The maximum atomic E-state index is 11.0. The minimum Gasteiger partial charge on any atom is -0.365 e. The van der Waals surface area contributed by atoms with E-state index in [1.54, 1.807) is 18.3 Å². The van der Waals surface area contributed by atoms with Crippen molar-refractivity contribution in [3.63, 3.8) is 0 Å². The largest absolute Gasteiger partial charge is 0.365 e. The summed E-state index contributed by atoms with van der Waals surface area (Å²) in [6.45, 7) is 0. The zero-order valence-electron chi connectivity index (χ0n) is 7.64. The van der Waals surface area contributed by atoms with Crippen LogP contribution in [0.1, 0.15) is 10.4 Å². The van der Waals surface area contributed by atoms with E-state index in [1.807, 2.05) is 0 Å². The lowest BCUT2D eigenvalue weighted by atomic mass is 10.3. The lowest BCUT2D eigenvalue weighted by molar-refractivity contribution is 0.100. The van der Waals surface area contributed by atoms with Crippen LogP contribution in [0, 0.1) is 0 Å². The Labute approximate surface area is 84.7 Å². The van der Waals surface area contributed by atoms with Gasteiger partial charge in [-0.25, -0.2) is 0 Å². The molecule has 2 rings (SSSR count).